The molecular weight excluding hydrogens is 246 g/mol. The molecule has 0 spiro atoms. The summed E-state index contributed by atoms with van der Waals surface area (Å²) in [6.07, 6.45) is 0. The van der Waals surface area contributed by atoms with Gasteiger partial charge in [-0.15, -0.1) is 11.3 Å². The zero-order valence-corrected chi connectivity index (χ0v) is 11.8. The molecular formula is C13H17N3OS. The minimum absolute atomic E-state index is 0.718. The van der Waals surface area contributed by atoms with Crippen LogP contribution in [0, 0.1) is 20.8 Å². The number of rotatable bonds is 3. The summed E-state index contributed by atoms with van der Waals surface area (Å²) in [5.74, 6) is 6.31. The van der Waals surface area contributed by atoms with E-state index in [9.17, 15) is 0 Å². The Kier molecular flexibility index (Phi) is 3.54. The lowest BCUT2D eigenvalue weighted by atomic mass is 9.97. The van der Waals surface area contributed by atoms with Crippen molar-refractivity contribution in [2.24, 2.45) is 5.84 Å². The van der Waals surface area contributed by atoms with Crippen LogP contribution in [0.2, 0.25) is 0 Å². The second-order valence-corrected chi connectivity index (χ2v) is 5.06. The monoisotopic (exact) mass is 263 g/mol. The van der Waals surface area contributed by atoms with Gasteiger partial charge in [-0.1, -0.05) is 0 Å². The topological polar surface area (TPSA) is 60.2 Å². The molecule has 3 N–H and O–H groups in total. The lowest BCUT2D eigenvalue weighted by molar-refractivity contribution is 0.408. The van der Waals surface area contributed by atoms with Crippen LogP contribution in [0.3, 0.4) is 0 Å². The number of ether oxygens (including phenoxy) is 1. The van der Waals surface area contributed by atoms with Crippen LogP contribution in [0.4, 0.5) is 5.13 Å². The van der Waals surface area contributed by atoms with Gasteiger partial charge in [0, 0.05) is 10.9 Å². The first-order valence-corrected chi connectivity index (χ1v) is 6.53. The lowest BCUT2D eigenvalue weighted by Gasteiger charge is -2.14. The van der Waals surface area contributed by atoms with Crippen LogP contribution in [-0.4, -0.2) is 12.1 Å². The Morgan fingerprint density at radius 3 is 2.56 bits per heavy atom. The lowest BCUT2D eigenvalue weighted by Crippen LogP contribution is -2.05. The molecule has 0 radical (unpaired) electrons. The average Bonchev–Trinajstić information content (AvgIpc) is 2.83. The summed E-state index contributed by atoms with van der Waals surface area (Å²) in [5.41, 5.74) is 8.10. The van der Waals surface area contributed by atoms with E-state index in [1.54, 1.807) is 7.11 Å². The predicted octanol–water partition coefficient (Wildman–Crippen LogP) is 3.03. The molecule has 1 aromatic carbocycles. The average molecular weight is 263 g/mol. The van der Waals surface area contributed by atoms with Crippen molar-refractivity contribution in [3.8, 4) is 17.0 Å². The number of methoxy groups -OCH3 is 1. The Bertz CT molecular complexity index is 578. The maximum absolute atomic E-state index is 5.42. The zero-order chi connectivity index (χ0) is 13.3. The van der Waals surface area contributed by atoms with Gasteiger partial charge >= 0.3 is 0 Å². The van der Waals surface area contributed by atoms with E-state index in [1.807, 2.05) is 12.3 Å². The van der Waals surface area contributed by atoms with Crippen LogP contribution < -0.4 is 16.0 Å². The highest BCUT2D eigenvalue weighted by molar-refractivity contribution is 7.14. The number of hydrazine groups is 1. The quantitative estimate of drug-likeness (QED) is 0.660. The van der Waals surface area contributed by atoms with E-state index in [-0.39, 0.29) is 0 Å². The second-order valence-electron chi connectivity index (χ2n) is 4.21. The summed E-state index contributed by atoms with van der Waals surface area (Å²) in [6.45, 7) is 6.20. The highest BCUT2D eigenvalue weighted by Gasteiger charge is 2.13. The number of benzene rings is 1. The third-order valence-corrected chi connectivity index (χ3v) is 3.91. The molecule has 0 bridgehead atoms. The molecule has 2 rings (SSSR count). The maximum atomic E-state index is 5.42. The first kappa shape index (κ1) is 12.9. The Balaban J connectivity index is 2.58. The van der Waals surface area contributed by atoms with Gasteiger partial charge in [0.1, 0.15) is 5.75 Å². The van der Waals surface area contributed by atoms with Crippen molar-refractivity contribution in [2.45, 2.75) is 20.8 Å². The molecule has 2 aromatic rings. The molecule has 0 saturated carbocycles. The van der Waals surface area contributed by atoms with E-state index in [1.165, 1.54) is 16.9 Å². The molecule has 4 nitrogen and oxygen atoms in total. The van der Waals surface area contributed by atoms with Crippen LogP contribution in [0.25, 0.3) is 11.3 Å². The molecule has 96 valence electrons. The van der Waals surface area contributed by atoms with Crippen molar-refractivity contribution in [3.63, 3.8) is 0 Å². The summed E-state index contributed by atoms with van der Waals surface area (Å²) in [4.78, 5) is 4.44. The minimum atomic E-state index is 0.718. The number of anilines is 1. The number of nitrogens with one attached hydrogen (secondary N) is 1. The van der Waals surface area contributed by atoms with Crippen LogP contribution in [0.5, 0.6) is 5.75 Å². The molecule has 0 fully saturated rings. The predicted molar refractivity (Wildman–Crippen MR) is 76.1 cm³/mol. The molecule has 18 heavy (non-hydrogen) atoms. The van der Waals surface area contributed by atoms with Gasteiger partial charge in [0.25, 0.3) is 0 Å². The van der Waals surface area contributed by atoms with Gasteiger partial charge in [-0.05, 0) is 43.5 Å². The van der Waals surface area contributed by atoms with E-state index in [2.05, 4.69) is 30.3 Å². The van der Waals surface area contributed by atoms with Gasteiger partial charge in [0.15, 0.2) is 5.13 Å². The molecule has 0 saturated heterocycles. The molecule has 1 heterocycles. The smallest absolute Gasteiger partial charge is 0.197 e. The number of nitrogen functional groups attached to an aromatic ring is 1. The fourth-order valence-corrected chi connectivity index (χ4v) is 2.72. The van der Waals surface area contributed by atoms with Crippen molar-refractivity contribution in [1.82, 2.24) is 4.98 Å². The van der Waals surface area contributed by atoms with E-state index < -0.39 is 0 Å². The van der Waals surface area contributed by atoms with Crippen molar-refractivity contribution in [2.75, 3.05) is 12.5 Å². The van der Waals surface area contributed by atoms with E-state index in [4.69, 9.17) is 10.6 Å². The van der Waals surface area contributed by atoms with Gasteiger partial charge in [0.2, 0.25) is 0 Å². The first-order chi connectivity index (χ1) is 8.58. The Morgan fingerprint density at radius 2 is 2.00 bits per heavy atom. The number of hydrogen-bond donors (Lipinski definition) is 2. The minimum Gasteiger partial charge on any atom is -0.496 e. The molecule has 0 aliphatic heterocycles. The van der Waals surface area contributed by atoms with E-state index in [0.29, 0.717) is 0 Å². The van der Waals surface area contributed by atoms with Crippen molar-refractivity contribution < 1.29 is 4.74 Å². The Morgan fingerprint density at radius 1 is 1.28 bits per heavy atom. The Hall–Kier alpha value is -1.59. The van der Waals surface area contributed by atoms with Crippen molar-refractivity contribution >= 4 is 16.5 Å². The normalized spacial score (nSPS) is 10.5. The molecule has 0 aliphatic carbocycles. The van der Waals surface area contributed by atoms with Crippen LogP contribution in [0.1, 0.15) is 16.7 Å². The fraction of sp³-hybridized carbons (Fsp3) is 0.308. The van der Waals surface area contributed by atoms with Crippen LogP contribution in [-0.2, 0) is 0 Å². The summed E-state index contributed by atoms with van der Waals surface area (Å²) in [5, 5.41) is 2.72. The summed E-state index contributed by atoms with van der Waals surface area (Å²) < 4.78 is 5.42. The highest BCUT2D eigenvalue weighted by Crippen LogP contribution is 2.35. The second kappa shape index (κ2) is 4.96. The standard InChI is InChI=1S/C13H17N3OS/c1-7-5-10(8(2)9(3)12(7)17-4)11-6-18-13(15-11)16-14/h5-6H,14H2,1-4H3,(H,15,16). The molecule has 1 aromatic heterocycles. The molecule has 0 amide bonds. The number of aromatic nitrogens is 1. The van der Waals surface area contributed by atoms with Gasteiger partial charge in [-0.2, -0.15) is 0 Å². The van der Waals surface area contributed by atoms with Crippen LogP contribution in [0.15, 0.2) is 11.4 Å². The van der Waals surface area contributed by atoms with E-state index >= 15 is 0 Å². The molecule has 5 heteroatoms. The summed E-state index contributed by atoms with van der Waals surface area (Å²) in [7, 11) is 1.70. The molecule has 0 unspecified atom stereocenters. The van der Waals surface area contributed by atoms with Gasteiger partial charge in [-0.3, -0.25) is 5.43 Å². The highest BCUT2D eigenvalue weighted by atomic mass is 32.1. The van der Waals surface area contributed by atoms with Gasteiger partial charge < -0.3 is 4.74 Å². The van der Waals surface area contributed by atoms with Gasteiger partial charge in [0.05, 0.1) is 12.8 Å². The number of thiazole rings is 1. The van der Waals surface area contributed by atoms with Crippen molar-refractivity contribution in [1.29, 1.82) is 0 Å². The molecule has 0 atom stereocenters. The zero-order valence-electron chi connectivity index (χ0n) is 11.0. The maximum Gasteiger partial charge on any atom is 0.197 e. The van der Waals surface area contributed by atoms with Crippen molar-refractivity contribution in [3.05, 3.63) is 28.1 Å². The van der Waals surface area contributed by atoms with E-state index in [0.717, 1.165) is 33.3 Å². The van der Waals surface area contributed by atoms with Crippen LogP contribution >= 0.6 is 11.3 Å². The summed E-state index contributed by atoms with van der Waals surface area (Å²) in [6, 6.07) is 2.11. The number of hydrogen-bond acceptors (Lipinski definition) is 5. The number of aryl methyl sites for hydroxylation is 1. The molecule has 0 aliphatic rings. The SMILES string of the molecule is COc1c(C)cc(-c2csc(NN)n2)c(C)c1C. The fourth-order valence-electron chi connectivity index (χ4n) is 2.10. The summed E-state index contributed by atoms with van der Waals surface area (Å²) >= 11 is 1.50. The largest absolute Gasteiger partial charge is 0.496 e. The third kappa shape index (κ3) is 2.07. The number of nitrogens with two attached hydrogens (primary N) is 1. The number of nitrogens with zero attached hydrogens (tertiary/aromatic N) is 1. The van der Waals surface area contributed by atoms with Gasteiger partial charge in [-0.25, -0.2) is 10.8 Å². The third-order valence-electron chi connectivity index (χ3n) is 3.13. The Labute approximate surface area is 111 Å². The first-order valence-electron chi connectivity index (χ1n) is 5.65.